The summed E-state index contributed by atoms with van der Waals surface area (Å²) in [6.45, 7) is 1.20. The Hall–Kier alpha value is -3.98. The first-order valence-electron chi connectivity index (χ1n) is 13.9. The van der Waals surface area contributed by atoms with Crippen molar-refractivity contribution in [2.45, 2.75) is 44.4 Å². The third-order valence-corrected chi connectivity index (χ3v) is 8.04. The fraction of sp³-hybridized carbons (Fsp3) is 0.344. The van der Waals surface area contributed by atoms with Crippen molar-refractivity contribution in [1.29, 1.82) is 0 Å². The first kappa shape index (κ1) is 28.5. The largest absolute Gasteiger partial charge is 0.416 e. The summed E-state index contributed by atoms with van der Waals surface area (Å²) in [5.74, 6) is -0.659. The maximum absolute atomic E-state index is 13.8. The highest BCUT2D eigenvalue weighted by Crippen LogP contribution is 2.38. The molecule has 0 aromatic heterocycles. The molecule has 6 nitrogen and oxygen atoms in total. The maximum atomic E-state index is 13.8. The van der Waals surface area contributed by atoms with Crippen molar-refractivity contribution in [2.75, 3.05) is 25.0 Å². The first-order valence-corrected chi connectivity index (χ1v) is 13.9. The van der Waals surface area contributed by atoms with E-state index in [-0.39, 0.29) is 5.91 Å². The van der Waals surface area contributed by atoms with Gasteiger partial charge >= 0.3 is 6.18 Å². The molecule has 3 aromatic rings. The summed E-state index contributed by atoms with van der Waals surface area (Å²) in [6.07, 6.45) is -1.63. The second-order valence-electron chi connectivity index (χ2n) is 10.7. The van der Waals surface area contributed by atoms with Crippen LogP contribution in [0.4, 0.5) is 18.9 Å². The Morgan fingerprint density at radius 3 is 2.32 bits per heavy atom. The first-order chi connectivity index (χ1) is 19.7. The predicted octanol–water partition coefficient (Wildman–Crippen LogP) is 5.35. The summed E-state index contributed by atoms with van der Waals surface area (Å²) in [4.78, 5) is 33.5. The minimum atomic E-state index is -4.47. The van der Waals surface area contributed by atoms with Crippen molar-refractivity contribution < 1.29 is 22.8 Å². The third kappa shape index (κ3) is 6.20. The van der Waals surface area contributed by atoms with Crippen LogP contribution < -0.4 is 15.5 Å². The summed E-state index contributed by atoms with van der Waals surface area (Å²) in [5, 5.41) is 6.36. The molecule has 1 unspecified atom stereocenters. The van der Waals surface area contributed by atoms with Crippen molar-refractivity contribution in [1.82, 2.24) is 10.6 Å². The number of likely N-dealkylation sites (N-methyl/N-ethyl adjacent to an activating group) is 1. The average molecular weight is 563 g/mol. The van der Waals surface area contributed by atoms with Crippen molar-refractivity contribution >= 4 is 23.2 Å². The molecule has 3 aromatic carbocycles. The lowest BCUT2D eigenvalue weighted by molar-refractivity contribution is -0.137. The Labute approximate surface area is 237 Å². The molecular weight excluding hydrogens is 529 g/mol. The Bertz CT molecular complexity index is 1410. The molecule has 5 rings (SSSR count). The van der Waals surface area contributed by atoms with Crippen molar-refractivity contribution in [3.8, 4) is 0 Å². The molecule has 0 spiro atoms. The zero-order chi connectivity index (χ0) is 29.0. The van der Waals surface area contributed by atoms with E-state index in [1.807, 2.05) is 18.2 Å². The molecule has 9 heteroatoms. The van der Waals surface area contributed by atoms with Gasteiger partial charge in [-0.3, -0.25) is 9.59 Å². The van der Waals surface area contributed by atoms with E-state index in [0.717, 1.165) is 37.9 Å². The second kappa shape index (κ2) is 11.9. The number of hydrogen-bond donors (Lipinski definition) is 2. The number of aliphatic imine (C=N–C) groups is 1. The molecule has 2 amide bonds. The van der Waals surface area contributed by atoms with Gasteiger partial charge in [0, 0.05) is 24.7 Å². The number of carbonyl (C=O) groups excluding carboxylic acids is 2. The normalized spacial score (nSPS) is 18.4. The number of carbonyl (C=O) groups is 2. The SMILES string of the molecule is CN1C(=O)C(NC(=O)C2(CNCCc3ccccc3)CCCC2)N=C(c2ccc(C(F)(F)F)cc2)c2ccccc21. The smallest absolute Gasteiger partial charge is 0.326 e. The van der Waals surface area contributed by atoms with E-state index in [4.69, 9.17) is 0 Å². The highest BCUT2D eigenvalue weighted by atomic mass is 19.4. The highest BCUT2D eigenvalue weighted by Gasteiger charge is 2.43. The highest BCUT2D eigenvalue weighted by molar-refractivity contribution is 6.20. The number of hydrogen-bond acceptors (Lipinski definition) is 4. The number of halogens is 3. The summed E-state index contributed by atoms with van der Waals surface area (Å²) < 4.78 is 39.7. The van der Waals surface area contributed by atoms with Crippen LogP contribution in [0.25, 0.3) is 0 Å². The van der Waals surface area contributed by atoms with E-state index in [1.54, 1.807) is 31.3 Å². The summed E-state index contributed by atoms with van der Waals surface area (Å²) in [5.41, 5.74) is 1.69. The van der Waals surface area contributed by atoms with Crippen molar-refractivity contribution in [3.63, 3.8) is 0 Å². The lowest BCUT2D eigenvalue weighted by Gasteiger charge is -2.30. The molecule has 1 aliphatic heterocycles. The van der Waals surface area contributed by atoms with E-state index in [1.165, 1.54) is 22.6 Å². The second-order valence-corrected chi connectivity index (χ2v) is 10.7. The zero-order valence-electron chi connectivity index (χ0n) is 22.9. The fourth-order valence-electron chi connectivity index (χ4n) is 5.68. The molecule has 1 fully saturated rings. The Kier molecular flexibility index (Phi) is 8.26. The molecule has 0 radical (unpaired) electrons. The zero-order valence-corrected chi connectivity index (χ0v) is 22.9. The van der Waals surface area contributed by atoms with Crippen LogP contribution in [-0.4, -0.2) is 43.8 Å². The number of benzene rings is 3. The molecule has 0 saturated heterocycles. The number of para-hydroxylation sites is 1. The van der Waals surface area contributed by atoms with Crippen LogP contribution >= 0.6 is 0 Å². The molecular formula is C32H33F3N4O2. The average Bonchev–Trinajstić information content (AvgIpc) is 3.44. The fourth-order valence-corrected chi connectivity index (χ4v) is 5.68. The van der Waals surface area contributed by atoms with Crippen LogP contribution in [0, 0.1) is 5.41 Å². The van der Waals surface area contributed by atoms with Gasteiger partial charge in [-0.2, -0.15) is 13.2 Å². The van der Waals surface area contributed by atoms with E-state index >= 15 is 0 Å². The van der Waals surface area contributed by atoms with E-state index in [2.05, 4.69) is 27.8 Å². The quantitative estimate of drug-likeness (QED) is 0.364. The monoisotopic (exact) mass is 562 g/mol. The van der Waals surface area contributed by atoms with Gasteiger partial charge in [-0.1, -0.05) is 73.5 Å². The maximum Gasteiger partial charge on any atom is 0.416 e. The molecule has 41 heavy (non-hydrogen) atoms. The molecule has 214 valence electrons. The molecule has 1 atom stereocenters. The van der Waals surface area contributed by atoms with Gasteiger partial charge in [0.2, 0.25) is 12.1 Å². The number of amides is 2. The van der Waals surface area contributed by atoms with Gasteiger partial charge in [-0.15, -0.1) is 0 Å². The standard InChI is InChI=1S/C32H33F3N4O2/c1-39-26-12-6-5-11-25(26)27(23-13-15-24(16-14-23)32(33,34)35)37-28(29(39)40)38-30(41)31(18-7-8-19-31)21-36-20-17-22-9-3-2-4-10-22/h2-6,9-16,28,36H,7-8,17-21H2,1H3,(H,38,41). The lowest BCUT2D eigenvalue weighted by Crippen LogP contribution is -2.53. The number of nitrogens with one attached hydrogen (secondary N) is 2. The van der Waals surface area contributed by atoms with E-state index in [0.29, 0.717) is 41.9 Å². The van der Waals surface area contributed by atoms with Gasteiger partial charge in [0.05, 0.1) is 22.4 Å². The summed E-state index contributed by atoms with van der Waals surface area (Å²) in [6, 6.07) is 21.9. The predicted molar refractivity (Wildman–Crippen MR) is 153 cm³/mol. The Morgan fingerprint density at radius 2 is 1.63 bits per heavy atom. The molecule has 1 saturated carbocycles. The van der Waals surface area contributed by atoms with Gasteiger partial charge in [0.25, 0.3) is 5.91 Å². The van der Waals surface area contributed by atoms with Crippen molar-refractivity contribution in [2.24, 2.45) is 10.4 Å². The third-order valence-electron chi connectivity index (χ3n) is 8.04. The number of rotatable bonds is 8. The van der Waals surface area contributed by atoms with Crippen LogP contribution in [0.1, 0.15) is 47.9 Å². The van der Waals surface area contributed by atoms with Crippen LogP contribution in [0.15, 0.2) is 83.9 Å². The van der Waals surface area contributed by atoms with Gasteiger partial charge in [0.1, 0.15) is 0 Å². The van der Waals surface area contributed by atoms with Crippen LogP contribution in [0.5, 0.6) is 0 Å². The van der Waals surface area contributed by atoms with E-state index in [9.17, 15) is 22.8 Å². The van der Waals surface area contributed by atoms with Crippen LogP contribution in [0.2, 0.25) is 0 Å². The van der Waals surface area contributed by atoms with Gasteiger partial charge in [-0.05, 0) is 49.6 Å². The molecule has 1 heterocycles. The van der Waals surface area contributed by atoms with Crippen molar-refractivity contribution in [3.05, 3.63) is 101 Å². The number of fused-ring (bicyclic) bond motifs is 1. The summed E-state index contributed by atoms with van der Waals surface area (Å²) >= 11 is 0. The molecule has 2 N–H and O–H groups in total. The minimum absolute atomic E-state index is 0.240. The minimum Gasteiger partial charge on any atom is -0.326 e. The number of anilines is 1. The Morgan fingerprint density at radius 1 is 0.976 bits per heavy atom. The topological polar surface area (TPSA) is 73.8 Å². The van der Waals surface area contributed by atoms with Gasteiger partial charge in [0.15, 0.2) is 0 Å². The van der Waals surface area contributed by atoms with Gasteiger partial charge < -0.3 is 15.5 Å². The molecule has 2 aliphatic rings. The number of alkyl halides is 3. The lowest BCUT2D eigenvalue weighted by atomic mass is 9.84. The van der Waals surface area contributed by atoms with E-state index < -0.39 is 29.2 Å². The molecule has 0 bridgehead atoms. The van der Waals surface area contributed by atoms with Crippen LogP contribution in [-0.2, 0) is 22.2 Å². The summed E-state index contributed by atoms with van der Waals surface area (Å²) in [7, 11) is 1.61. The van der Waals surface area contributed by atoms with Gasteiger partial charge in [-0.25, -0.2) is 4.99 Å². The number of nitrogens with zero attached hydrogens (tertiary/aromatic N) is 2. The van der Waals surface area contributed by atoms with Crippen LogP contribution in [0.3, 0.4) is 0 Å². The Balaban J connectivity index is 1.40. The number of benzodiazepines with no additional fused rings is 1. The molecule has 1 aliphatic carbocycles.